The van der Waals surface area contributed by atoms with Gasteiger partial charge in [-0.1, -0.05) is 12.1 Å². The molecule has 0 radical (unpaired) electrons. The first kappa shape index (κ1) is 16.8. The van der Waals surface area contributed by atoms with E-state index in [9.17, 15) is 14.0 Å². The van der Waals surface area contributed by atoms with Gasteiger partial charge in [0, 0.05) is 32.7 Å². The smallest absolute Gasteiger partial charge is 0.271 e. The van der Waals surface area contributed by atoms with Crippen molar-refractivity contribution in [3.63, 3.8) is 0 Å². The highest BCUT2D eigenvalue weighted by Crippen LogP contribution is 2.12. The van der Waals surface area contributed by atoms with E-state index in [0.29, 0.717) is 32.0 Å². The molecule has 1 aliphatic heterocycles. The number of aromatic nitrogens is 2. The Morgan fingerprint density at radius 3 is 2.44 bits per heavy atom. The maximum Gasteiger partial charge on any atom is 0.271 e. The summed E-state index contributed by atoms with van der Waals surface area (Å²) >= 11 is 0. The van der Waals surface area contributed by atoms with Gasteiger partial charge in [0.15, 0.2) is 0 Å². The molecule has 3 rings (SSSR count). The lowest BCUT2D eigenvalue weighted by atomic mass is 10.2. The minimum absolute atomic E-state index is 0.220. The standard InChI is InChI=1S/C17H18FN5O2/c18-14-3-1-13(2-4-14)9-21-17(25)15-10-20-16(11-19-15)23-7-5-22(12-24)6-8-23/h1-4,10-12H,5-9H2,(H,21,25). The molecule has 0 atom stereocenters. The molecule has 1 fully saturated rings. The third-order valence-electron chi connectivity index (χ3n) is 4.02. The van der Waals surface area contributed by atoms with Gasteiger partial charge >= 0.3 is 0 Å². The van der Waals surface area contributed by atoms with Crippen LogP contribution in [0.25, 0.3) is 0 Å². The number of benzene rings is 1. The van der Waals surface area contributed by atoms with E-state index in [1.165, 1.54) is 18.3 Å². The third-order valence-corrected chi connectivity index (χ3v) is 4.02. The predicted octanol–water partition coefficient (Wildman–Crippen LogP) is 0.824. The summed E-state index contributed by atoms with van der Waals surface area (Å²) < 4.78 is 12.9. The Balaban J connectivity index is 1.55. The fourth-order valence-electron chi connectivity index (χ4n) is 2.53. The summed E-state index contributed by atoms with van der Waals surface area (Å²) in [4.78, 5) is 35.0. The number of anilines is 1. The molecule has 2 heterocycles. The molecule has 1 aliphatic rings. The van der Waals surface area contributed by atoms with Gasteiger partial charge in [-0.05, 0) is 17.7 Å². The lowest BCUT2D eigenvalue weighted by molar-refractivity contribution is -0.118. The van der Waals surface area contributed by atoms with Gasteiger partial charge in [-0.25, -0.2) is 14.4 Å². The monoisotopic (exact) mass is 343 g/mol. The molecule has 7 nitrogen and oxygen atoms in total. The van der Waals surface area contributed by atoms with Crippen LogP contribution in [0.4, 0.5) is 10.2 Å². The molecule has 0 spiro atoms. The van der Waals surface area contributed by atoms with E-state index in [0.717, 1.165) is 12.0 Å². The zero-order valence-electron chi connectivity index (χ0n) is 13.6. The largest absolute Gasteiger partial charge is 0.352 e. The molecule has 25 heavy (non-hydrogen) atoms. The first-order valence-corrected chi connectivity index (χ1v) is 7.94. The van der Waals surface area contributed by atoms with Crippen LogP contribution in [0.5, 0.6) is 0 Å². The Hall–Kier alpha value is -3.03. The molecule has 0 bridgehead atoms. The number of nitrogens with zero attached hydrogens (tertiary/aromatic N) is 4. The summed E-state index contributed by atoms with van der Waals surface area (Å²) in [6.45, 7) is 2.94. The van der Waals surface area contributed by atoms with Gasteiger partial charge in [-0.15, -0.1) is 0 Å². The average molecular weight is 343 g/mol. The minimum atomic E-state index is -0.339. The van der Waals surface area contributed by atoms with E-state index in [4.69, 9.17) is 0 Å². The van der Waals surface area contributed by atoms with Gasteiger partial charge in [0.05, 0.1) is 12.4 Å². The maximum atomic E-state index is 12.9. The molecule has 1 aromatic carbocycles. The second-order valence-electron chi connectivity index (χ2n) is 5.70. The summed E-state index contributed by atoms with van der Waals surface area (Å²) in [5.41, 5.74) is 1.02. The van der Waals surface area contributed by atoms with Crippen LogP contribution < -0.4 is 10.2 Å². The molecule has 1 N–H and O–H groups in total. The molecule has 0 unspecified atom stereocenters. The highest BCUT2D eigenvalue weighted by Gasteiger charge is 2.17. The maximum absolute atomic E-state index is 12.9. The number of amides is 2. The van der Waals surface area contributed by atoms with Crippen molar-refractivity contribution in [1.29, 1.82) is 0 Å². The lowest BCUT2D eigenvalue weighted by Crippen LogP contribution is -2.46. The minimum Gasteiger partial charge on any atom is -0.352 e. The van der Waals surface area contributed by atoms with Crippen LogP contribution in [0.2, 0.25) is 0 Å². The number of carbonyl (C=O) groups is 2. The number of piperazine rings is 1. The Bertz CT molecular complexity index is 728. The third kappa shape index (κ3) is 4.28. The van der Waals surface area contributed by atoms with Gasteiger partial charge in [-0.3, -0.25) is 9.59 Å². The molecule has 1 aromatic heterocycles. The Morgan fingerprint density at radius 1 is 1.12 bits per heavy atom. The van der Waals surface area contributed by atoms with E-state index < -0.39 is 0 Å². The quantitative estimate of drug-likeness (QED) is 0.814. The molecule has 130 valence electrons. The lowest BCUT2D eigenvalue weighted by Gasteiger charge is -2.33. The molecular formula is C17H18FN5O2. The van der Waals surface area contributed by atoms with Crippen molar-refractivity contribution in [2.24, 2.45) is 0 Å². The van der Waals surface area contributed by atoms with E-state index in [1.807, 2.05) is 4.90 Å². The predicted molar refractivity (Wildman–Crippen MR) is 89.5 cm³/mol. The molecule has 2 aromatic rings. The Kier molecular flexibility index (Phi) is 5.17. The highest BCUT2D eigenvalue weighted by atomic mass is 19.1. The summed E-state index contributed by atoms with van der Waals surface area (Å²) in [6.07, 6.45) is 3.84. The van der Waals surface area contributed by atoms with Crippen LogP contribution in [-0.2, 0) is 11.3 Å². The van der Waals surface area contributed by atoms with E-state index in [-0.39, 0.29) is 24.0 Å². The van der Waals surface area contributed by atoms with Gasteiger partial charge in [0.1, 0.15) is 17.3 Å². The van der Waals surface area contributed by atoms with E-state index >= 15 is 0 Å². The fourth-order valence-corrected chi connectivity index (χ4v) is 2.53. The van der Waals surface area contributed by atoms with Gasteiger partial charge < -0.3 is 15.1 Å². The molecule has 2 amide bonds. The summed E-state index contributed by atoms with van der Waals surface area (Å²) in [7, 11) is 0. The van der Waals surface area contributed by atoms with Crippen molar-refractivity contribution in [3.8, 4) is 0 Å². The summed E-state index contributed by atoms with van der Waals surface area (Å²) in [6, 6.07) is 5.92. The zero-order valence-corrected chi connectivity index (χ0v) is 13.6. The summed E-state index contributed by atoms with van der Waals surface area (Å²) in [5, 5.41) is 2.72. The molecule has 1 saturated heterocycles. The van der Waals surface area contributed by atoms with Crippen molar-refractivity contribution in [1.82, 2.24) is 20.2 Å². The second kappa shape index (κ2) is 7.69. The highest BCUT2D eigenvalue weighted by molar-refractivity contribution is 5.91. The van der Waals surface area contributed by atoms with E-state index in [1.54, 1.807) is 23.2 Å². The van der Waals surface area contributed by atoms with Crippen molar-refractivity contribution in [2.75, 3.05) is 31.1 Å². The average Bonchev–Trinajstić information content (AvgIpc) is 2.67. The molecule has 0 saturated carbocycles. The Morgan fingerprint density at radius 2 is 1.84 bits per heavy atom. The van der Waals surface area contributed by atoms with Crippen molar-refractivity contribution < 1.29 is 14.0 Å². The van der Waals surface area contributed by atoms with Crippen LogP contribution in [0, 0.1) is 5.82 Å². The van der Waals surface area contributed by atoms with Crippen LogP contribution in [0.1, 0.15) is 16.1 Å². The van der Waals surface area contributed by atoms with Gasteiger partial charge in [0.25, 0.3) is 5.91 Å². The van der Waals surface area contributed by atoms with E-state index in [2.05, 4.69) is 15.3 Å². The molecule has 0 aliphatic carbocycles. The number of rotatable bonds is 5. The van der Waals surface area contributed by atoms with Crippen LogP contribution >= 0.6 is 0 Å². The van der Waals surface area contributed by atoms with Crippen LogP contribution in [0.3, 0.4) is 0 Å². The normalized spacial score (nSPS) is 14.3. The second-order valence-corrected chi connectivity index (χ2v) is 5.70. The van der Waals surface area contributed by atoms with Crippen molar-refractivity contribution in [2.45, 2.75) is 6.54 Å². The topological polar surface area (TPSA) is 78.4 Å². The Labute approximate surface area is 144 Å². The summed E-state index contributed by atoms with van der Waals surface area (Å²) in [5.74, 6) is 0.0280. The zero-order chi connectivity index (χ0) is 17.6. The molecular weight excluding hydrogens is 325 g/mol. The number of hydrogen-bond donors (Lipinski definition) is 1. The first-order valence-electron chi connectivity index (χ1n) is 7.94. The first-order chi connectivity index (χ1) is 12.2. The fraction of sp³-hybridized carbons (Fsp3) is 0.294. The van der Waals surface area contributed by atoms with Crippen molar-refractivity contribution >= 4 is 18.1 Å². The van der Waals surface area contributed by atoms with Gasteiger partial charge in [-0.2, -0.15) is 0 Å². The molecule has 8 heteroatoms. The van der Waals surface area contributed by atoms with Crippen molar-refractivity contribution in [3.05, 3.63) is 53.7 Å². The van der Waals surface area contributed by atoms with Gasteiger partial charge in [0.2, 0.25) is 6.41 Å². The van der Waals surface area contributed by atoms with Crippen LogP contribution in [-0.4, -0.2) is 53.4 Å². The number of nitrogens with one attached hydrogen (secondary N) is 1. The number of hydrogen-bond acceptors (Lipinski definition) is 5. The SMILES string of the molecule is O=CN1CCN(c2cnc(C(=O)NCc3ccc(F)cc3)cn2)CC1. The number of carbonyl (C=O) groups excluding carboxylic acids is 2. The van der Waals surface area contributed by atoms with Crippen LogP contribution in [0.15, 0.2) is 36.7 Å². The number of halogens is 1.